The topological polar surface area (TPSA) is 52.1 Å². The molecule has 1 fully saturated rings. The number of likely N-dealkylation sites (N-methyl/N-ethyl adjacent to an activating group) is 1. The molecule has 1 saturated heterocycles. The minimum Gasteiger partial charge on any atom is -0.496 e. The molecule has 1 aliphatic rings. The number of aliphatic imine (C=N–C) groups is 1. The highest BCUT2D eigenvalue weighted by Gasteiger charge is 2.20. The van der Waals surface area contributed by atoms with Crippen LogP contribution in [0.4, 0.5) is 0 Å². The summed E-state index contributed by atoms with van der Waals surface area (Å²) in [6, 6.07) is 6.74. The van der Waals surface area contributed by atoms with Crippen LogP contribution in [0.5, 0.6) is 5.75 Å². The lowest BCUT2D eigenvalue weighted by atomic mass is 10.1. The lowest BCUT2D eigenvalue weighted by Gasteiger charge is -2.37. The summed E-state index contributed by atoms with van der Waals surface area (Å²) >= 11 is 0. The van der Waals surface area contributed by atoms with Gasteiger partial charge in [-0.2, -0.15) is 0 Å². The summed E-state index contributed by atoms with van der Waals surface area (Å²) in [5.74, 6) is 1.76. The number of piperazine rings is 1. The average Bonchev–Trinajstić information content (AvgIpc) is 2.70. The first-order chi connectivity index (χ1) is 13.1. The second-order valence-corrected chi connectivity index (χ2v) is 7.21. The second-order valence-electron chi connectivity index (χ2n) is 7.21. The lowest BCUT2D eigenvalue weighted by Crippen LogP contribution is -2.53. The molecule has 27 heavy (non-hydrogen) atoms. The SMILES string of the molecule is CCNC(=NCc1ccc(C)cc1OC)NCC(C)N1CCN(CC)CC1. The molecule has 0 aliphatic carbocycles. The van der Waals surface area contributed by atoms with Gasteiger partial charge in [-0.05, 0) is 38.9 Å². The molecule has 152 valence electrons. The number of rotatable bonds is 8. The van der Waals surface area contributed by atoms with Gasteiger partial charge in [-0.3, -0.25) is 4.90 Å². The smallest absolute Gasteiger partial charge is 0.191 e. The van der Waals surface area contributed by atoms with Crippen molar-refractivity contribution in [1.82, 2.24) is 20.4 Å². The van der Waals surface area contributed by atoms with Crippen molar-refractivity contribution in [2.75, 3.05) is 52.9 Å². The highest BCUT2D eigenvalue weighted by Crippen LogP contribution is 2.20. The van der Waals surface area contributed by atoms with Crippen LogP contribution in [0.2, 0.25) is 0 Å². The molecular formula is C21H37N5O. The van der Waals surface area contributed by atoms with E-state index in [2.05, 4.69) is 66.3 Å². The molecule has 1 aliphatic heterocycles. The van der Waals surface area contributed by atoms with Gasteiger partial charge >= 0.3 is 0 Å². The molecule has 0 bridgehead atoms. The van der Waals surface area contributed by atoms with E-state index < -0.39 is 0 Å². The van der Waals surface area contributed by atoms with Crippen molar-refractivity contribution >= 4 is 5.96 Å². The summed E-state index contributed by atoms with van der Waals surface area (Å²) in [5, 5.41) is 6.85. The Morgan fingerprint density at radius 2 is 1.93 bits per heavy atom. The van der Waals surface area contributed by atoms with E-state index >= 15 is 0 Å². The van der Waals surface area contributed by atoms with Gasteiger partial charge in [0.05, 0.1) is 13.7 Å². The van der Waals surface area contributed by atoms with Crippen molar-refractivity contribution in [2.45, 2.75) is 40.3 Å². The van der Waals surface area contributed by atoms with Crippen LogP contribution in [0.25, 0.3) is 0 Å². The van der Waals surface area contributed by atoms with Gasteiger partial charge in [-0.15, -0.1) is 0 Å². The van der Waals surface area contributed by atoms with Gasteiger partial charge in [0.15, 0.2) is 5.96 Å². The van der Waals surface area contributed by atoms with E-state index in [1.54, 1.807) is 7.11 Å². The van der Waals surface area contributed by atoms with Crippen molar-refractivity contribution in [2.24, 2.45) is 4.99 Å². The molecule has 0 radical (unpaired) electrons. The van der Waals surface area contributed by atoms with Crippen molar-refractivity contribution in [3.63, 3.8) is 0 Å². The molecule has 2 rings (SSSR count). The summed E-state index contributed by atoms with van der Waals surface area (Å²) in [4.78, 5) is 9.82. The molecule has 6 nitrogen and oxygen atoms in total. The number of guanidine groups is 1. The predicted molar refractivity (Wildman–Crippen MR) is 114 cm³/mol. The number of hydrogen-bond acceptors (Lipinski definition) is 4. The van der Waals surface area contributed by atoms with Gasteiger partial charge in [0.1, 0.15) is 5.75 Å². The van der Waals surface area contributed by atoms with Gasteiger partial charge in [-0.25, -0.2) is 4.99 Å². The number of ether oxygens (including phenoxy) is 1. The molecule has 0 aromatic heterocycles. The monoisotopic (exact) mass is 375 g/mol. The molecule has 0 saturated carbocycles. The van der Waals surface area contributed by atoms with Crippen LogP contribution in [0, 0.1) is 6.92 Å². The van der Waals surface area contributed by atoms with E-state index in [0.717, 1.165) is 50.0 Å². The zero-order valence-corrected chi connectivity index (χ0v) is 17.7. The van der Waals surface area contributed by atoms with Gasteiger partial charge in [0.25, 0.3) is 0 Å². The highest BCUT2D eigenvalue weighted by atomic mass is 16.5. The molecule has 0 amide bonds. The molecular weight excluding hydrogens is 338 g/mol. The first kappa shape index (κ1) is 21.5. The Hall–Kier alpha value is -1.79. The third-order valence-electron chi connectivity index (χ3n) is 5.24. The predicted octanol–water partition coefficient (Wildman–Crippen LogP) is 2.08. The van der Waals surface area contributed by atoms with E-state index in [1.165, 1.54) is 18.7 Å². The number of nitrogens with zero attached hydrogens (tertiary/aromatic N) is 3. The minimum atomic E-state index is 0.488. The Labute approximate surface area is 165 Å². The third-order valence-corrected chi connectivity index (χ3v) is 5.24. The third kappa shape index (κ3) is 6.70. The number of aryl methyl sites for hydroxylation is 1. The van der Waals surface area contributed by atoms with Crippen LogP contribution in [0.3, 0.4) is 0 Å². The number of nitrogens with one attached hydrogen (secondary N) is 2. The Morgan fingerprint density at radius 1 is 1.19 bits per heavy atom. The zero-order chi connectivity index (χ0) is 19.6. The van der Waals surface area contributed by atoms with Crippen LogP contribution in [0.1, 0.15) is 31.9 Å². The molecule has 1 atom stereocenters. The van der Waals surface area contributed by atoms with Crippen molar-refractivity contribution in [3.05, 3.63) is 29.3 Å². The Bertz CT molecular complexity index is 596. The largest absolute Gasteiger partial charge is 0.496 e. The van der Waals surface area contributed by atoms with Crippen molar-refractivity contribution < 1.29 is 4.74 Å². The van der Waals surface area contributed by atoms with E-state index in [-0.39, 0.29) is 0 Å². The fourth-order valence-electron chi connectivity index (χ4n) is 3.38. The number of hydrogen-bond donors (Lipinski definition) is 2. The van der Waals surface area contributed by atoms with E-state index in [1.807, 2.05) is 0 Å². The molecule has 1 heterocycles. The maximum atomic E-state index is 5.49. The van der Waals surface area contributed by atoms with E-state index in [9.17, 15) is 0 Å². The number of benzene rings is 1. The maximum absolute atomic E-state index is 5.49. The first-order valence-electron chi connectivity index (χ1n) is 10.2. The second kappa shape index (κ2) is 11.1. The molecule has 1 unspecified atom stereocenters. The summed E-state index contributed by atoms with van der Waals surface area (Å²) in [5.41, 5.74) is 2.30. The molecule has 1 aromatic rings. The van der Waals surface area contributed by atoms with Gasteiger partial charge in [0.2, 0.25) is 0 Å². The minimum absolute atomic E-state index is 0.488. The first-order valence-corrected chi connectivity index (χ1v) is 10.2. The zero-order valence-electron chi connectivity index (χ0n) is 17.7. The van der Waals surface area contributed by atoms with Gasteiger partial charge in [0, 0.05) is 50.9 Å². The van der Waals surface area contributed by atoms with E-state index in [4.69, 9.17) is 9.73 Å². The van der Waals surface area contributed by atoms with Crippen LogP contribution >= 0.6 is 0 Å². The Balaban J connectivity index is 1.90. The highest BCUT2D eigenvalue weighted by molar-refractivity contribution is 5.79. The van der Waals surface area contributed by atoms with E-state index in [0.29, 0.717) is 12.6 Å². The normalized spacial score (nSPS) is 17.6. The van der Waals surface area contributed by atoms with Gasteiger partial charge < -0.3 is 20.3 Å². The summed E-state index contributed by atoms with van der Waals surface area (Å²) in [7, 11) is 1.71. The fraction of sp³-hybridized carbons (Fsp3) is 0.667. The van der Waals surface area contributed by atoms with Crippen LogP contribution in [0.15, 0.2) is 23.2 Å². The summed E-state index contributed by atoms with van der Waals surface area (Å²) in [6.07, 6.45) is 0. The standard InChI is InChI=1S/C21H37N5O/c1-6-22-21(24-16-19-9-8-17(3)14-20(19)27-5)23-15-18(4)26-12-10-25(7-2)11-13-26/h8-9,14,18H,6-7,10-13,15-16H2,1-5H3,(H2,22,23,24). The molecule has 0 spiro atoms. The summed E-state index contributed by atoms with van der Waals surface area (Å²) < 4.78 is 5.49. The maximum Gasteiger partial charge on any atom is 0.191 e. The average molecular weight is 376 g/mol. The van der Waals surface area contributed by atoms with Crippen LogP contribution in [-0.2, 0) is 6.54 Å². The number of methoxy groups -OCH3 is 1. The van der Waals surface area contributed by atoms with Crippen LogP contribution < -0.4 is 15.4 Å². The van der Waals surface area contributed by atoms with Gasteiger partial charge in [-0.1, -0.05) is 19.1 Å². The Morgan fingerprint density at radius 3 is 2.56 bits per heavy atom. The fourth-order valence-corrected chi connectivity index (χ4v) is 3.38. The van der Waals surface area contributed by atoms with Crippen molar-refractivity contribution in [3.8, 4) is 5.75 Å². The molecule has 6 heteroatoms. The van der Waals surface area contributed by atoms with Crippen LogP contribution in [-0.4, -0.2) is 74.7 Å². The van der Waals surface area contributed by atoms with Crippen molar-refractivity contribution in [1.29, 1.82) is 0 Å². The lowest BCUT2D eigenvalue weighted by molar-refractivity contribution is 0.107. The quantitative estimate of drug-likeness (QED) is 0.538. The molecule has 2 N–H and O–H groups in total. The molecule has 1 aromatic carbocycles. The Kier molecular flexibility index (Phi) is 8.88. The summed E-state index contributed by atoms with van der Waals surface area (Å²) in [6.45, 7) is 16.8.